The van der Waals surface area contributed by atoms with Gasteiger partial charge in [-0.25, -0.2) is 9.79 Å². The van der Waals surface area contributed by atoms with Crippen molar-refractivity contribution in [2.24, 2.45) is 4.99 Å². The molecule has 0 aliphatic carbocycles. The molecule has 0 aliphatic heterocycles. The number of methoxy groups -OCH3 is 1. The van der Waals surface area contributed by atoms with Crippen LogP contribution in [0.3, 0.4) is 0 Å². The molecule has 8 heteroatoms. The van der Waals surface area contributed by atoms with Crippen LogP contribution in [0.5, 0.6) is 5.88 Å². The van der Waals surface area contributed by atoms with Gasteiger partial charge in [-0.3, -0.25) is 4.79 Å². The van der Waals surface area contributed by atoms with Crippen LogP contribution in [-0.4, -0.2) is 66.9 Å². The summed E-state index contributed by atoms with van der Waals surface area (Å²) >= 11 is 0. The highest BCUT2D eigenvalue weighted by molar-refractivity contribution is 6.22. The molecule has 5 rings (SSSR count). The molecule has 0 saturated heterocycles. The van der Waals surface area contributed by atoms with Crippen molar-refractivity contribution in [1.82, 2.24) is 9.88 Å². The predicted octanol–water partition coefficient (Wildman–Crippen LogP) is 5.97. The van der Waals surface area contributed by atoms with Crippen molar-refractivity contribution in [1.29, 1.82) is 0 Å². The number of carbonyl (C=O) groups is 2. The molecule has 1 heterocycles. The quantitative estimate of drug-likeness (QED) is 0.158. The number of fused-ring (bicyclic) bond motifs is 1. The summed E-state index contributed by atoms with van der Waals surface area (Å²) in [5.41, 5.74) is 5.26. The van der Waals surface area contributed by atoms with E-state index in [0.717, 1.165) is 23.4 Å². The summed E-state index contributed by atoms with van der Waals surface area (Å²) in [5.74, 6) is -0.502. The van der Waals surface area contributed by atoms with Crippen molar-refractivity contribution in [3.05, 3.63) is 125 Å². The molecule has 1 amide bonds. The number of rotatable bonds is 10. The summed E-state index contributed by atoms with van der Waals surface area (Å²) in [6, 6.07) is 32.0. The van der Waals surface area contributed by atoms with Gasteiger partial charge in [0.15, 0.2) is 5.88 Å². The summed E-state index contributed by atoms with van der Waals surface area (Å²) in [6.45, 7) is 1.27. The Kier molecular flexibility index (Phi) is 8.98. The molecule has 0 atom stereocenters. The molecule has 0 saturated carbocycles. The highest BCUT2D eigenvalue weighted by atomic mass is 16.5. The van der Waals surface area contributed by atoms with Gasteiger partial charge in [-0.05, 0) is 56.1 Å². The van der Waals surface area contributed by atoms with Crippen molar-refractivity contribution in [3.63, 3.8) is 0 Å². The Bertz CT molecular complexity index is 1740. The molecule has 0 unspecified atom stereocenters. The van der Waals surface area contributed by atoms with Gasteiger partial charge in [0.1, 0.15) is 0 Å². The van der Waals surface area contributed by atoms with Gasteiger partial charge in [-0.1, -0.05) is 66.7 Å². The van der Waals surface area contributed by atoms with Crippen LogP contribution in [0.15, 0.2) is 108 Å². The first kappa shape index (κ1) is 29.3. The average molecular weight is 575 g/mol. The number of hydrogen-bond acceptors (Lipinski definition) is 6. The van der Waals surface area contributed by atoms with Crippen molar-refractivity contribution >= 4 is 39.9 Å². The van der Waals surface area contributed by atoms with Crippen LogP contribution in [0.2, 0.25) is 0 Å². The molecule has 218 valence electrons. The number of benzene rings is 4. The molecule has 8 nitrogen and oxygen atoms in total. The molecule has 0 radical (unpaired) electrons. The fourth-order valence-electron chi connectivity index (χ4n) is 4.93. The molecule has 2 N–H and O–H groups in total. The number of esters is 1. The number of anilines is 1. The smallest absolute Gasteiger partial charge is 0.337 e. The van der Waals surface area contributed by atoms with Crippen LogP contribution in [0.4, 0.5) is 11.4 Å². The van der Waals surface area contributed by atoms with E-state index in [2.05, 4.69) is 9.88 Å². The predicted molar refractivity (Wildman–Crippen MR) is 171 cm³/mol. The van der Waals surface area contributed by atoms with Gasteiger partial charge in [0.05, 0.1) is 36.1 Å². The van der Waals surface area contributed by atoms with Crippen LogP contribution in [0.25, 0.3) is 10.9 Å². The summed E-state index contributed by atoms with van der Waals surface area (Å²) in [6.07, 6.45) is 0.309. The third-order valence-electron chi connectivity index (χ3n) is 7.16. The van der Waals surface area contributed by atoms with Crippen LogP contribution in [0, 0.1) is 0 Å². The molecule has 43 heavy (non-hydrogen) atoms. The van der Waals surface area contributed by atoms with E-state index in [1.807, 2.05) is 104 Å². The van der Waals surface area contributed by atoms with Gasteiger partial charge in [-0.15, -0.1) is 0 Å². The molecular weight excluding hydrogens is 540 g/mol. The van der Waals surface area contributed by atoms with Gasteiger partial charge in [0.2, 0.25) is 5.91 Å². The standard InChI is InChI=1S/C35H34N4O4/c1-38(2)20-21-39(31(40)22-24-10-6-4-7-11-24)28-17-15-27(16-18-28)36-33(25-12-8-5-9-13-25)32-29-19-14-26(35(42)43-3)23-30(29)37-34(32)41/h4-19,23,37,41H,20-22H2,1-3H3. The minimum Gasteiger partial charge on any atom is -0.494 e. The molecule has 5 aromatic rings. The highest BCUT2D eigenvalue weighted by Gasteiger charge is 2.21. The molecule has 0 fully saturated rings. The van der Waals surface area contributed by atoms with Crippen molar-refractivity contribution in [2.45, 2.75) is 6.42 Å². The zero-order valence-corrected chi connectivity index (χ0v) is 24.4. The fraction of sp³-hybridized carbons (Fsp3) is 0.171. The Hall–Kier alpha value is -5.21. The number of nitrogens with zero attached hydrogens (tertiary/aromatic N) is 3. The van der Waals surface area contributed by atoms with Crippen molar-refractivity contribution < 1.29 is 19.4 Å². The molecule has 0 spiro atoms. The van der Waals surface area contributed by atoms with E-state index in [4.69, 9.17) is 9.73 Å². The number of aliphatic imine (C=N–C) groups is 1. The lowest BCUT2D eigenvalue weighted by atomic mass is 10.00. The topological polar surface area (TPSA) is 98.2 Å². The number of likely N-dealkylation sites (N-methyl/N-ethyl adjacent to an activating group) is 1. The van der Waals surface area contributed by atoms with E-state index in [1.54, 1.807) is 18.2 Å². The minimum absolute atomic E-state index is 0.0179. The van der Waals surface area contributed by atoms with E-state index in [1.165, 1.54) is 7.11 Å². The second-order valence-electron chi connectivity index (χ2n) is 10.5. The molecular formula is C35H34N4O4. The van der Waals surface area contributed by atoms with E-state index in [0.29, 0.717) is 46.4 Å². The third-order valence-corrected chi connectivity index (χ3v) is 7.16. The maximum absolute atomic E-state index is 13.4. The SMILES string of the molecule is COC(=O)c1ccc2c(C(=Nc3ccc(N(CCN(C)C)C(=O)Cc4ccccc4)cc3)c3ccccc3)c(O)[nH]c2c1. The van der Waals surface area contributed by atoms with Gasteiger partial charge in [0.25, 0.3) is 0 Å². The molecule has 0 aliphatic rings. The summed E-state index contributed by atoms with van der Waals surface area (Å²) in [4.78, 5) is 37.3. The van der Waals surface area contributed by atoms with Crippen LogP contribution in [0.1, 0.15) is 27.0 Å². The monoisotopic (exact) mass is 574 g/mol. The van der Waals surface area contributed by atoms with Crippen LogP contribution >= 0.6 is 0 Å². The first-order valence-corrected chi connectivity index (χ1v) is 14.0. The Morgan fingerprint density at radius 3 is 2.16 bits per heavy atom. The van der Waals surface area contributed by atoms with Gasteiger partial charge in [0, 0.05) is 35.2 Å². The lowest BCUT2D eigenvalue weighted by Gasteiger charge is -2.25. The number of amides is 1. The summed E-state index contributed by atoms with van der Waals surface area (Å²) < 4.78 is 4.85. The minimum atomic E-state index is -0.462. The van der Waals surface area contributed by atoms with Gasteiger partial charge < -0.3 is 24.6 Å². The Balaban J connectivity index is 1.52. The Labute approximate surface area is 250 Å². The zero-order chi connectivity index (χ0) is 30.3. The van der Waals surface area contributed by atoms with Crippen molar-refractivity contribution in [2.75, 3.05) is 39.2 Å². The number of aromatic amines is 1. The normalized spacial score (nSPS) is 11.6. The Morgan fingerprint density at radius 1 is 0.837 bits per heavy atom. The Morgan fingerprint density at radius 2 is 1.51 bits per heavy atom. The van der Waals surface area contributed by atoms with E-state index in [-0.39, 0.29) is 11.8 Å². The summed E-state index contributed by atoms with van der Waals surface area (Å²) in [5, 5.41) is 11.7. The van der Waals surface area contributed by atoms with E-state index >= 15 is 0 Å². The van der Waals surface area contributed by atoms with E-state index < -0.39 is 5.97 Å². The van der Waals surface area contributed by atoms with Crippen LogP contribution < -0.4 is 4.90 Å². The number of carbonyl (C=O) groups excluding carboxylic acids is 2. The van der Waals surface area contributed by atoms with Crippen LogP contribution in [-0.2, 0) is 16.0 Å². The lowest BCUT2D eigenvalue weighted by molar-refractivity contribution is -0.118. The number of H-pyrrole nitrogens is 1. The van der Waals surface area contributed by atoms with Gasteiger partial charge in [-0.2, -0.15) is 0 Å². The fourth-order valence-corrected chi connectivity index (χ4v) is 4.93. The molecule has 1 aromatic heterocycles. The molecule has 0 bridgehead atoms. The highest BCUT2D eigenvalue weighted by Crippen LogP contribution is 2.32. The second-order valence-corrected chi connectivity index (χ2v) is 10.5. The maximum atomic E-state index is 13.4. The number of aromatic hydroxyl groups is 1. The molecule has 4 aromatic carbocycles. The first-order chi connectivity index (χ1) is 20.8. The maximum Gasteiger partial charge on any atom is 0.337 e. The third kappa shape index (κ3) is 6.82. The zero-order valence-electron chi connectivity index (χ0n) is 24.4. The number of ether oxygens (including phenoxy) is 1. The van der Waals surface area contributed by atoms with E-state index in [9.17, 15) is 14.7 Å². The first-order valence-electron chi connectivity index (χ1n) is 14.0. The summed E-state index contributed by atoms with van der Waals surface area (Å²) in [7, 11) is 5.30. The number of nitrogens with one attached hydrogen (secondary N) is 1. The second kappa shape index (κ2) is 13.2. The van der Waals surface area contributed by atoms with Gasteiger partial charge >= 0.3 is 5.97 Å². The number of aromatic nitrogens is 1. The largest absolute Gasteiger partial charge is 0.494 e. The number of hydrogen-bond donors (Lipinski definition) is 2. The lowest BCUT2D eigenvalue weighted by Crippen LogP contribution is -2.37. The van der Waals surface area contributed by atoms with Crippen molar-refractivity contribution in [3.8, 4) is 5.88 Å². The average Bonchev–Trinajstić information content (AvgIpc) is 3.35.